The highest BCUT2D eigenvalue weighted by Gasteiger charge is 2.28. The van der Waals surface area contributed by atoms with E-state index in [9.17, 15) is 9.59 Å². The summed E-state index contributed by atoms with van der Waals surface area (Å²) in [6.45, 7) is 6.08. The van der Waals surface area contributed by atoms with Crippen molar-refractivity contribution in [2.75, 3.05) is 11.5 Å². The van der Waals surface area contributed by atoms with E-state index in [1.807, 2.05) is 18.2 Å². The predicted molar refractivity (Wildman–Crippen MR) is 144 cm³/mol. The fraction of sp³-hybridized carbons (Fsp3) is 0.370. The van der Waals surface area contributed by atoms with Crippen LogP contribution in [0.15, 0.2) is 47.4 Å². The van der Waals surface area contributed by atoms with Gasteiger partial charge in [0.05, 0.1) is 17.1 Å². The number of nitrogens with one attached hydrogen (secondary N) is 1. The Morgan fingerprint density at radius 3 is 2.40 bits per heavy atom. The van der Waals surface area contributed by atoms with Crippen LogP contribution >= 0.6 is 24.0 Å². The topological polar surface area (TPSA) is 61.9 Å². The Balaban J connectivity index is 1.33. The third-order valence-corrected chi connectivity index (χ3v) is 8.13. The largest absolute Gasteiger partial charge is 0.482 e. The van der Waals surface area contributed by atoms with Gasteiger partial charge in [0, 0.05) is 18.6 Å². The van der Waals surface area contributed by atoms with Gasteiger partial charge in [-0.05, 0) is 61.6 Å². The highest BCUT2D eigenvalue weighted by molar-refractivity contribution is 8.26. The molecule has 2 saturated heterocycles. The second-order valence-electron chi connectivity index (χ2n) is 9.47. The van der Waals surface area contributed by atoms with Crippen molar-refractivity contribution in [1.82, 2.24) is 10.2 Å². The molecule has 2 fully saturated rings. The lowest BCUT2D eigenvalue weighted by atomic mass is 9.96. The number of piperidine rings is 1. The molecule has 35 heavy (non-hydrogen) atoms. The summed E-state index contributed by atoms with van der Waals surface area (Å²) >= 11 is 6.32. The number of fused-ring (bicyclic) bond motifs is 1. The van der Waals surface area contributed by atoms with Crippen molar-refractivity contribution >= 4 is 51.9 Å². The second kappa shape index (κ2) is 10.1. The van der Waals surface area contributed by atoms with E-state index in [1.165, 1.54) is 36.6 Å². The van der Waals surface area contributed by atoms with E-state index in [0.29, 0.717) is 39.3 Å². The SMILES string of the molecule is C[C@@H]1CCC[C@H](C)N1Cc1ccc(CN2C(=O)COc3ccc(C=C4SC(=S)NC4=O)cc32)cc1. The fourth-order valence-corrected chi connectivity index (χ4v) is 6.03. The molecule has 5 rings (SSSR count). The molecule has 8 heteroatoms. The Bertz CT molecular complexity index is 1180. The van der Waals surface area contributed by atoms with Crippen molar-refractivity contribution in [3.05, 3.63) is 64.1 Å². The molecule has 2 atom stereocenters. The number of rotatable bonds is 5. The van der Waals surface area contributed by atoms with Crippen molar-refractivity contribution in [3.63, 3.8) is 0 Å². The fourth-order valence-electron chi connectivity index (χ4n) is 4.98. The van der Waals surface area contributed by atoms with Gasteiger partial charge in [-0.3, -0.25) is 14.5 Å². The average molecular weight is 508 g/mol. The Labute approximate surface area is 215 Å². The van der Waals surface area contributed by atoms with Crippen LogP contribution in [0.4, 0.5) is 5.69 Å². The maximum atomic E-state index is 12.8. The van der Waals surface area contributed by atoms with Crippen LogP contribution in [0.5, 0.6) is 5.75 Å². The van der Waals surface area contributed by atoms with E-state index in [1.54, 1.807) is 11.0 Å². The van der Waals surface area contributed by atoms with Crippen molar-refractivity contribution < 1.29 is 14.3 Å². The van der Waals surface area contributed by atoms with Gasteiger partial charge in [-0.25, -0.2) is 0 Å². The standard InChI is InChI=1S/C27H29N3O3S2/c1-17-4-3-5-18(2)29(17)14-19-6-8-20(9-7-19)15-30-22-12-21(10-11-23(22)33-16-25(30)31)13-24-26(32)28-27(34)35-24/h6-13,17-18H,3-5,14-16H2,1-2H3,(H,28,32,34)/t17-,18+. The molecule has 2 aromatic rings. The predicted octanol–water partition coefficient (Wildman–Crippen LogP) is 4.86. The summed E-state index contributed by atoms with van der Waals surface area (Å²) in [5, 5.41) is 2.63. The molecule has 182 valence electrons. The summed E-state index contributed by atoms with van der Waals surface area (Å²) in [6, 6.07) is 15.4. The molecule has 0 bridgehead atoms. The number of likely N-dealkylation sites (tertiary alicyclic amines) is 1. The van der Waals surface area contributed by atoms with Gasteiger partial charge in [0.2, 0.25) is 0 Å². The second-order valence-corrected chi connectivity index (χ2v) is 11.2. The lowest BCUT2D eigenvalue weighted by Crippen LogP contribution is -2.42. The van der Waals surface area contributed by atoms with Gasteiger partial charge in [-0.15, -0.1) is 0 Å². The molecule has 0 aliphatic carbocycles. The number of amides is 2. The van der Waals surface area contributed by atoms with Crippen molar-refractivity contribution in [2.24, 2.45) is 0 Å². The normalized spacial score (nSPS) is 23.9. The lowest BCUT2D eigenvalue weighted by molar-refractivity contribution is -0.121. The molecule has 3 aliphatic heterocycles. The molecule has 2 amide bonds. The summed E-state index contributed by atoms with van der Waals surface area (Å²) in [6.07, 6.45) is 5.62. The van der Waals surface area contributed by atoms with E-state index in [4.69, 9.17) is 17.0 Å². The molecule has 3 heterocycles. The van der Waals surface area contributed by atoms with Crippen LogP contribution in [-0.4, -0.2) is 39.7 Å². The van der Waals surface area contributed by atoms with Gasteiger partial charge in [-0.2, -0.15) is 0 Å². The van der Waals surface area contributed by atoms with Gasteiger partial charge < -0.3 is 15.0 Å². The minimum absolute atomic E-state index is 0.0167. The molecule has 3 aliphatic rings. The number of thiocarbonyl (C=S) groups is 1. The number of nitrogens with zero attached hydrogens (tertiary/aromatic N) is 2. The Morgan fingerprint density at radius 1 is 1.06 bits per heavy atom. The van der Waals surface area contributed by atoms with Crippen molar-refractivity contribution in [2.45, 2.75) is 58.3 Å². The first-order valence-corrected chi connectivity index (χ1v) is 13.3. The Hall–Kier alpha value is -2.68. The van der Waals surface area contributed by atoms with E-state index in [-0.39, 0.29) is 18.4 Å². The zero-order valence-electron chi connectivity index (χ0n) is 20.0. The molecule has 0 spiro atoms. The third-order valence-electron chi connectivity index (χ3n) is 6.97. The first kappa shape index (κ1) is 24.0. The quantitative estimate of drug-likeness (QED) is 0.461. The van der Waals surface area contributed by atoms with Crippen molar-refractivity contribution in [1.29, 1.82) is 0 Å². The number of hydrogen-bond donors (Lipinski definition) is 1. The maximum absolute atomic E-state index is 12.8. The molecule has 2 aromatic carbocycles. The monoisotopic (exact) mass is 507 g/mol. The number of ether oxygens (including phenoxy) is 1. The van der Waals surface area contributed by atoms with Gasteiger partial charge >= 0.3 is 0 Å². The zero-order chi connectivity index (χ0) is 24.5. The molecular weight excluding hydrogens is 478 g/mol. The minimum atomic E-state index is -0.199. The Kier molecular flexibility index (Phi) is 6.95. The molecule has 0 saturated carbocycles. The maximum Gasteiger partial charge on any atom is 0.265 e. The summed E-state index contributed by atoms with van der Waals surface area (Å²) in [7, 11) is 0. The van der Waals surface area contributed by atoms with E-state index in [0.717, 1.165) is 17.7 Å². The van der Waals surface area contributed by atoms with Gasteiger partial charge in [0.15, 0.2) is 6.61 Å². The van der Waals surface area contributed by atoms with Crippen LogP contribution in [0.3, 0.4) is 0 Å². The highest BCUT2D eigenvalue weighted by Crippen LogP contribution is 2.36. The molecular formula is C27H29N3O3S2. The summed E-state index contributed by atoms with van der Waals surface area (Å²) in [5.41, 5.74) is 3.88. The van der Waals surface area contributed by atoms with Gasteiger partial charge in [0.25, 0.3) is 11.8 Å². The first-order chi connectivity index (χ1) is 16.9. The molecule has 6 nitrogen and oxygen atoms in total. The number of carbonyl (C=O) groups is 2. The van der Waals surface area contributed by atoms with Crippen LogP contribution in [0.1, 0.15) is 49.8 Å². The third kappa shape index (κ3) is 5.29. The van der Waals surface area contributed by atoms with E-state index < -0.39 is 0 Å². The van der Waals surface area contributed by atoms with Crippen LogP contribution in [0, 0.1) is 0 Å². The lowest BCUT2D eigenvalue weighted by Gasteiger charge is -2.39. The zero-order valence-corrected chi connectivity index (χ0v) is 21.6. The van der Waals surface area contributed by atoms with E-state index in [2.05, 4.69) is 48.3 Å². The summed E-state index contributed by atoms with van der Waals surface area (Å²) in [4.78, 5) is 29.7. The van der Waals surface area contributed by atoms with Crippen LogP contribution in [0.25, 0.3) is 6.08 Å². The number of carbonyl (C=O) groups excluding carboxylic acids is 2. The van der Waals surface area contributed by atoms with Crippen LogP contribution in [0.2, 0.25) is 0 Å². The van der Waals surface area contributed by atoms with Crippen LogP contribution < -0.4 is 15.0 Å². The van der Waals surface area contributed by atoms with E-state index >= 15 is 0 Å². The minimum Gasteiger partial charge on any atom is -0.482 e. The van der Waals surface area contributed by atoms with Gasteiger partial charge in [-0.1, -0.05) is 60.7 Å². The first-order valence-electron chi connectivity index (χ1n) is 12.0. The number of thioether (sulfide) groups is 1. The smallest absolute Gasteiger partial charge is 0.265 e. The molecule has 0 aromatic heterocycles. The van der Waals surface area contributed by atoms with Crippen LogP contribution in [-0.2, 0) is 22.7 Å². The van der Waals surface area contributed by atoms with Crippen molar-refractivity contribution in [3.8, 4) is 5.75 Å². The number of anilines is 1. The molecule has 0 unspecified atom stereocenters. The number of hydrogen-bond acceptors (Lipinski definition) is 6. The number of benzene rings is 2. The highest BCUT2D eigenvalue weighted by atomic mass is 32.2. The summed E-state index contributed by atoms with van der Waals surface area (Å²) < 4.78 is 6.12. The van der Waals surface area contributed by atoms with Gasteiger partial charge in [0.1, 0.15) is 10.1 Å². The summed E-state index contributed by atoms with van der Waals surface area (Å²) in [5.74, 6) is 0.377. The molecule has 0 radical (unpaired) electrons. The molecule has 1 N–H and O–H groups in total. The Morgan fingerprint density at radius 2 is 1.74 bits per heavy atom. The average Bonchev–Trinajstić information content (AvgIpc) is 3.15.